The van der Waals surface area contributed by atoms with Crippen molar-refractivity contribution in [3.8, 4) is 0 Å². The van der Waals surface area contributed by atoms with Crippen molar-refractivity contribution < 1.29 is 0 Å². The standard InChI is InChI=1S/C4H8/c1-4-2-3-4/h4H,2-3H2,1H3. The summed E-state index contributed by atoms with van der Waals surface area (Å²) in [5, 5.41) is 0. The van der Waals surface area contributed by atoms with E-state index in [1.807, 2.05) is 0 Å². The maximum Gasteiger partial charge on any atom is -0.0443 e. The first-order valence-electron chi connectivity index (χ1n) is 1.89. The summed E-state index contributed by atoms with van der Waals surface area (Å²) in [4.78, 5) is 0. The summed E-state index contributed by atoms with van der Waals surface area (Å²) in [6.07, 6.45) is 2.97. The molecule has 0 radical (unpaired) electrons. The Morgan fingerprint density at radius 2 is 1.75 bits per heavy atom. The molecule has 0 aromatic carbocycles. The second-order valence-corrected chi connectivity index (χ2v) is 1.68. The Bertz CT molecular complexity index is 19.2. The Labute approximate surface area is 26.8 Å². The van der Waals surface area contributed by atoms with Crippen molar-refractivity contribution in [2.75, 3.05) is 0 Å². The van der Waals surface area contributed by atoms with Crippen LogP contribution < -0.4 is 0 Å². The van der Waals surface area contributed by atoms with E-state index in [1.165, 1.54) is 12.8 Å². The molecule has 0 saturated heterocycles. The fourth-order valence-corrected chi connectivity index (χ4v) is 0.167. The van der Waals surface area contributed by atoms with Crippen molar-refractivity contribution >= 4 is 0 Å². The first-order valence-corrected chi connectivity index (χ1v) is 1.89. The molecule has 1 rings (SSSR count). The summed E-state index contributed by atoms with van der Waals surface area (Å²) in [6, 6.07) is 0. The van der Waals surface area contributed by atoms with Gasteiger partial charge in [0.2, 0.25) is 0 Å². The highest BCUT2D eigenvalue weighted by Crippen LogP contribution is 2.26. The highest BCUT2D eigenvalue weighted by molar-refractivity contribution is 4.65. The SMILES string of the molecule is CC1CC1. The monoisotopic (exact) mass is 56.1 g/mol. The van der Waals surface area contributed by atoms with Crippen LogP contribution in [0.3, 0.4) is 0 Å². The molecule has 0 aromatic rings. The molecule has 1 aliphatic rings. The van der Waals surface area contributed by atoms with E-state index >= 15 is 0 Å². The van der Waals surface area contributed by atoms with Gasteiger partial charge < -0.3 is 0 Å². The zero-order chi connectivity index (χ0) is 2.99. The topological polar surface area (TPSA) is 0 Å². The predicted molar refractivity (Wildman–Crippen MR) is 18.4 cm³/mol. The van der Waals surface area contributed by atoms with Gasteiger partial charge in [-0.25, -0.2) is 0 Å². The molecule has 0 N–H and O–H groups in total. The van der Waals surface area contributed by atoms with Gasteiger partial charge in [-0.3, -0.25) is 0 Å². The second-order valence-electron chi connectivity index (χ2n) is 1.68. The molecule has 0 nitrogen and oxygen atoms in total. The van der Waals surface area contributed by atoms with Gasteiger partial charge >= 0.3 is 0 Å². The van der Waals surface area contributed by atoms with Gasteiger partial charge in [0.15, 0.2) is 0 Å². The Kier molecular flexibility index (Phi) is 0.270. The predicted octanol–water partition coefficient (Wildman–Crippen LogP) is 1.42. The molecule has 0 aromatic heterocycles. The van der Waals surface area contributed by atoms with Gasteiger partial charge in [-0.05, 0) is 5.92 Å². The highest BCUT2D eigenvalue weighted by Gasteiger charge is 2.12. The average Bonchev–Trinajstić information content (AvgIpc) is 1.75. The summed E-state index contributed by atoms with van der Waals surface area (Å²) < 4.78 is 0. The van der Waals surface area contributed by atoms with Crippen LogP contribution in [-0.4, -0.2) is 0 Å². The molecule has 4 heavy (non-hydrogen) atoms. The second kappa shape index (κ2) is 0.480. The lowest BCUT2D eigenvalue weighted by Gasteiger charge is -1.53. The van der Waals surface area contributed by atoms with Gasteiger partial charge in [0.05, 0.1) is 0 Å². The fraction of sp³-hybridized carbons (Fsp3) is 1.00. The van der Waals surface area contributed by atoms with Crippen LogP contribution in [0.5, 0.6) is 0 Å². The largest absolute Gasteiger partial charge is 0.0625 e. The first kappa shape index (κ1) is 2.25. The molecule has 0 aliphatic heterocycles. The van der Waals surface area contributed by atoms with E-state index in [9.17, 15) is 0 Å². The maximum absolute atomic E-state index is 2.28. The molecule has 0 bridgehead atoms. The van der Waals surface area contributed by atoms with Crippen LogP contribution in [-0.2, 0) is 0 Å². The van der Waals surface area contributed by atoms with Gasteiger partial charge in [-0.2, -0.15) is 0 Å². The minimum atomic E-state index is 1.08. The van der Waals surface area contributed by atoms with E-state index in [4.69, 9.17) is 0 Å². The van der Waals surface area contributed by atoms with Gasteiger partial charge in [0.25, 0.3) is 0 Å². The summed E-state index contributed by atoms with van der Waals surface area (Å²) in [5.74, 6) is 1.08. The van der Waals surface area contributed by atoms with Crippen molar-refractivity contribution in [3.05, 3.63) is 0 Å². The number of hydrogen-bond donors (Lipinski definition) is 0. The number of hydrogen-bond acceptors (Lipinski definition) is 0. The Morgan fingerprint density at radius 3 is 1.75 bits per heavy atom. The molecule has 0 amide bonds. The molecule has 1 saturated carbocycles. The van der Waals surface area contributed by atoms with Crippen LogP contribution >= 0.6 is 0 Å². The molecule has 0 spiro atoms. The molecule has 0 unspecified atom stereocenters. The average molecular weight is 56.1 g/mol. The fourth-order valence-electron chi connectivity index (χ4n) is 0.167. The van der Waals surface area contributed by atoms with E-state index < -0.39 is 0 Å². The van der Waals surface area contributed by atoms with E-state index in [-0.39, 0.29) is 0 Å². The first-order chi connectivity index (χ1) is 1.89. The van der Waals surface area contributed by atoms with Crippen LogP contribution in [0.1, 0.15) is 19.8 Å². The minimum Gasteiger partial charge on any atom is -0.0625 e. The summed E-state index contributed by atoms with van der Waals surface area (Å²) >= 11 is 0. The molecule has 0 heterocycles. The maximum atomic E-state index is 2.28. The van der Waals surface area contributed by atoms with Crippen molar-refractivity contribution in [2.45, 2.75) is 19.8 Å². The molecule has 24 valence electrons. The van der Waals surface area contributed by atoms with Crippen molar-refractivity contribution in [2.24, 2.45) is 5.92 Å². The van der Waals surface area contributed by atoms with E-state index in [0.717, 1.165) is 5.92 Å². The lowest BCUT2D eigenvalue weighted by molar-refractivity contribution is 0.983. The third kappa shape index (κ3) is 0.222. The third-order valence-corrected chi connectivity index (χ3v) is 0.866. The minimum absolute atomic E-state index is 1.08. The molecular formula is C4H8. The van der Waals surface area contributed by atoms with Gasteiger partial charge in [0.1, 0.15) is 0 Å². The van der Waals surface area contributed by atoms with Crippen LogP contribution in [0.4, 0.5) is 0 Å². The lowest BCUT2D eigenvalue weighted by atomic mass is 10.5. The Hall–Kier alpha value is 0. The van der Waals surface area contributed by atoms with Gasteiger partial charge in [-0.15, -0.1) is 0 Å². The zero-order valence-corrected chi connectivity index (χ0v) is 2.99. The van der Waals surface area contributed by atoms with Crippen LogP contribution in [0.25, 0.3) is 0 Å². The molecule has 1 aliphatic carbocycles. The summed E-state index contributed by atoms with van der Waals surface area (Å²) in [6.45, 7) is 2.28. The Balaban J connectivity index is 2.17. The smallest absolute Gasteiger partial charge is 0.0443 e. The Morgan fingerprint density at radius 1 is 1.50 bits per heavy atom. The highest BCUT2D eigenvalue weighted by atomic mass is 14.2. The van der Waals surface area contributed by atoms with Crippen LogP contribution in [0, 0.1) is 5.92 Å². The molecular weight excluding hydrogens is 48.0 g/mol. The quantitative estimate of drug-likeness (QED) is 0.393. The summed E-state index contributed by atoms with van der Waals surface area (Å²) in [7, 11) is 0. The number of rotatable bonds is 0. The van der Waals surface area contributed by atoms with Crippen LogP contribution in [0.15, 0.2) is 0 Å². The third-order valence-electron chi connectivity index (χ3n) is 0.866. The van der Waals surface area contributed by atoms with Gasteiger partial charge in [0, 0.05) is 0 Å². The van der Waals surface area contributed by atoms with E-state index in [2.05, 4.69) is 6.92 Å². The molecule has 0 heteroatoms. The molecule has 1 fully saturated rings. The molecule has 0 atom stereocenters. The van der Waals surface area contributed by atoms with Crippen molar-refractivity contribution in [1.29, 1.82) is 0 Å². The van der Waals surface area contributed by atoms with Crippen LogP contribution in [0.2, 0.25) is 0 Å². The van der Waals surface area contributed by atoms with Gasteiger partial charge in [-0.1, -0.05) is 19.8 Å². The van der Waals surface area contributed by atoms with E-state index in [1.54, 1.807) is 0 Å². The zero-order valence-electron chi connectivity index (χ0n) is 2.99. The normalized spacial score (nSPS) is 26.2. The van der Waals surface area contributed by atoms with E-state index in [0.29, 0.717) is 0 Å². The lowest BCUT2D eigenvalue weighted by Crippen LogP contribution is -1.42. The summed E-state index contributed by atoms with van der Waals surface area (Å²) in [5.41, 5.74) is 0. The van der Waals surface area contributed by atoms with Crippen molar-refractivity contribution in [1.82, 2.24) is 0 Å². The van der Waals surface area contributed by atoms with Crippen molar-refractivity contribution in [3.63, 3.8) is 0 Å².